The fourth-order valence-corrected chi connectivity index (χ4v) is 3.87. The SMILES string of the molecule is CCOc1cc(/C=C2\C(=O)NC(=O)N(Cc3ccco3)C2=O)cc(Cl)c1OCc1ccccc1Cl. The minimum absolute atomic E-state index is 0.123. The monoisotopic (exact) mass is 514 g/mol. The summed E-state index contributed by atoms with van der Waals surface area (Å²) in [6, 6.07) is 12.8. The molecule has 2 heterocycles. The fraction of sp³-hybridized carbons (Fsp3) is 0.160. The molecule has 0 saturated carbocycles. The van der Waals surface area contributed by atoms with Crippen LogP contribution in [0, 0.1) is 0 Å². The van der Waals surface area contributed by atoms with E-state index in [4.69, 9.17) is 37.1 Å². The summed E-state index contributed by atoms with van der Waals surface area (Å²) >= 11 is 12.7. The molecule has 0 aliphatic carbocycles. The van der Waals surface area contributed by atoms with Gasteiger partial charge in [0, 0.05) is 10.6 Å². The Labute approximate surface area is 211 Å². The second kappa shape index (κ2) is 10.7. The Kier molecular flexibility index (Phi) is 7.43. The van der Waals surface area contributed by atoms with Crippen molar-refractivity contribution in [2.24, 2.45) is 0 Å². The zero-order chi connectivity index (χ0) is 24.9. The van der Waals surface area contributed by atoms with Crippen LogP contribution in [0.15, 0.2) is 64.8 Å². The molecule has 0 spiro atoms. The number of hydrogen-bond donors (Lipinski definition) is 1. The van der Waals surface area contributed by atoms with Gasteiger partial charge in [0.15, 0.2) is 11.5 Å². The van der Waals surface area contributed by atoms with Crippen molar-refractivity contribution in [2.45, 2.75) is 20.1 Å². The van der Waals surface area contributed by atoms with E-state index in [9.17, 15) is 14.4 Å². The van der Waals surface area contributed by atoms with Gasteiger partial charge in [-0.15, -0.1) is 0 Å². The Morgan fingerprint density at radius 3 is 2.54 bits per heavy atom. The van der Waals surface area contributed by atoms with Crippen LogP contribution < -0.4 is 14.8 Å². The minimum Gasteiger partial charge on any atom is -0.490 e. The summed E-state index contributed by atoms with van der Waals surface area (Å²) in [6.07, 6.45) is 2.77. The number of carbonyl (C=O) groups is 3. The number of hydrogen-bond acceptors (Lipinski definition) is 6. The van der Waals surface area contributed by atoms with Crippen molar-refractivity contribution in [3.8, 4) is 11.5 Å². The lowest BCUT2D eigenvalue weighted by atomic mass is 10.1. The number of halogens is 2. The topological polar surface area (TPSA) is 98.1 Å². The third kappa shape index (κ3) is 5.50. The maximum atomic E-state index is 13.0. The lowest BCUT2D eigenvalue weighted by Crippen LogP contribution is -2.53. The molecular formula is C25H20Cl2N2O6. The van der Waals surface area contributed by atoms with Gasteiger partial charge >= 0.3 is 6.03 Å². The van der Waals surface area contributed by atoms with Gasteiger partial charge in [-0.05, 0) is 48.9 Å². The van der Waals surface area contributed by atoms with E-state index in [0.29, 0.717) is 34.5 Å². The lowest BCUT2D eigenvalue weighted by molar-refractivity contribution is -0.130. The van der Waals surface area contributed by atoms with Crippen LogP contribution in [0.3, 0.4) is 0 Å². The molecule has 2 aromatic carbocycles. The summed E-state index contributed by atoms with van der Waals surface area (Å²) in [5.41, 5.74) is 0.943. The summed E-state index contributed by atoms with van der Waals surface area (Å²) in [4.78, 5) is 38.5. The molecule has 1 fully saturated rings. The molecule has 0 bridgehead atoms. The number of imide groups is 2. The average Bonchev–Trinajstić information content (AvgIpc) is 3.33. The number of carbonyl (C=O) groups excluding carboxylic acids is 3. The van der Waals surface area contributed by atoms with Crippen LogP contribution >= 0.6 is 23.2 Å². The largest absolute Gasteiger partial charge is 0.490 e. The van der Waals surface area contributed by atoms with Crippen LogP contribution in [0.25, 0.3) is 6.08 Å². The van der Waals surface area contributed by atoms with Gasteiger partial charge < -0.3 is 13.9 Å². The molecule has 0 radical (unpaired) electrons. The molecule has 10 heteroatoms. The Hall–Kier alpha value is -3.75. The highest BCUT2D eigenvalue weighted by Crippen LogP contribution is 2.38. The smallest absolute Gasteiger partial charge is 0.331 e. The van der Waals surface area contributed by atoms with Crippen molar-refractivity contribution < 1.29 is 28.3 Å². The van der Waals surface area contributed by atoms with E-state index < -0.39 is 17.8 Å². The first-order valence-corrected chi connectivity index (χ1v) is 11.4. The Bertz CT molecular complexity index is 1300. The molecule has 1 N–H and O–H groups in total. The van der Waals surface area contributed by atoms with Crippen LogP contribution in [0.1, 0.15) is 23.8 Å². The molecule has 1 saturated heterocycles. The highest BCUT2D eigenvalue weighted by Gasteiger charge is 2.36. The van der Waals surface area contributed by atoms with E-state index in [0.717, 1.165) is 10.5 Å². The van der Waals surface area contributed by atoms with Crippen molar-refractivity contribution in [3.63, 3.8) is 0 Å². The number of benzene rings is 2. The van der Waals surface area contributed by atoms with Gasteiger partial charge in [0.2, 0.25) is 0 Å². The van der Waals surface area contributed by atoms with Gasteiger partial charge in [-0.3, -0.25) is 19.8 Å². The van der Waals surface area contributed by atoms with E-state index in [1.807, 2.05) is 18.2 Å². The number of amides is 4. The quantitative estimate of drug-likeness (QED) is 0.326. The van der Waals surface area contributed by atoms with Gasteiger partial charge in [0.1, 0.15) is 17.9 Å². The van der Waals surface area contributed by atoms with E-state index in [1.54, 1.807) is 31.2 Å². The fourth-order valence-electron chi connectivity index (χ4n) is 3.40. The predicted molar refractivity (Wildman–Crippen MR) is 129 cm³/mol. The van der Waals surface area contributed by atoms with E-state index in [2.05, 4.69) is 5.32 Å². The standard InChI is InChI=1S/C25H20Cl2N2O6/c1-2-33-21-12-15(11-20(27)22(21)35-14-16-6-3-4-8-19(16)26)10-18-23(30)28-25(32)29(24(18)31)13-17-7-5-9-34-17/h3-12H,2,13-14H2,1H3,(H,28,30,32)/b18-10+. The van der Waals surface area contributed by atoms with E-state index >= 15 is 0 Å². The molecule has 4 rings (SSSR count). The number of urea groups is 1. The molecule has 0 unspecified atom stereocenters. The molecule has 35 heavy (non-hydrogen) atoms. The number of nitrogens with zero attached hydrogens (tertiary/aromatic N) is 1. The zero-order valence-corrected chi connectivity index (χ0v) is 20.1. The van der Waals surface area contributed by atoms with Crippen molar-refractivity contribution >= 4 is 47.1 Å². The molecule has 3 aromatic rings. The summed E-state index contributed by atoms with van der Waals surface area (Å²) in [7, 11) is 0. The first-order chi connectivity index (χ1) is 16.9. The van der Waals surface area contributed by atoms with Crippen LogP contribution in [0.2, 0.25) is 10.0 Å². The summed E-state index contributed by atoms with van der Waals surface area (Å²) < 4.78 is 16.8. The molecule has 8 nitrogen and oxygen atoms in total. The summed E-state index contributed by atoms with van der Waals surface area (Å²) in [5, 5.41) is 2.93. The molecule has 1 aliphatic heterocycles. The van der Waals surface area contributed by atoms with Gasteiger partial charge in [-0.25, -0.2) is 4.79 Å². The highest BCUT2D eigenvalue weighted by atomic mass is 35.5. The number of rotatable bonds is 8. The van der Waals surface area contributed by atoms with Crippen LogP contribution in [0.4, 0.5) is 4.79 Å². The minimum atomic E-state index is -0.829. The number of barbiturate groups is 1. The van der Waals surface area contributed by atoms with E-state index in [-0.39, 0.29) is 23.7 Å². The Balaban J connectivity index is 1.62. The predicted octanol–water partition coefficient (Wildman–Crippen LogP) is 5.23. The highest BCUT2D eigenvalue weighted by molar-refractivity contribution is 6.33. The van der Waals surface area contributed by atoms with Crippen LogP contribution in [-0.2, 0) is 22.7 Å². The van der Waals surface area contributed by atoms with Crippen LogP contribution in [-0.4, -0.2) is 29.4 Å². The zero-order valence-electron chi connectivity index (χ0n) is 18.5. The van der Waals surface area contributed by atoms with Crippen molar-refractivity contribution in [1.29, 1.82) is 0 Å². The molecule has 1 aromatic heterocycles. The maximum Gasteiger partial charge on any atom is 0.331 e. The first-order valence-electron chi connectivity index (χ1n) is 10.6. The van der Waals surface area contributed by atoms with E-state index in [1.165, 1.54) is 18.4 Å². The van der Waals surface area contributed by atoms with Gasteiger partial charge in [-0.1, -0.05) is 41.4 Å². The second-order valence-electron chi connectivity index (χ2n) is 7.43. The number of furan rings is 1. The molecular weight excluding hydrogens is 495 g/mol. The summed E-state index contributed by atoms with van der Waals surface area (Å²) in [6.45, 7) is 2.16. The van der Waals surface area contributed by atoms with Gasteiger partial charge in [0.25, 0.3) is 11.8 Å². The van der Waals surface area contributed by atoms with Crippen molar-refractivity contribution in [2.75, 3.05) is 6.61 Å². The normalized spacial score (nSPS) is 14.9. The lowest BCUT2D eigenvalue weighted by Gasteiger charge is -2.25. The number of ether oxygens (including phenoxy) is 2. The van der Waals surface area contributed by atoms with Crippen LogP contribution in [0.5, 0.6) is 11.5 Å². The number of nitrogens with one attached hydrogen (secondary N) is 1. The van der Waals surface area contributed by atoms with Crippen molar-refractivity contribution in [1.82, 2.24) is 10.2 Å². The second-order valence-corrected chi connectivity index (χ2v) is 8.25. The third-order valence-electron chi connectivity index (χ3n) is 5.05. The van der Waals surface area contributed by atoms with Crippen molar-refractivity contribution in [3.05, 3.63) is 87.3 Å². The molecule has 0 atom stereocenters. The van der Waals surface area contributed by atoms with Gasteiger partial charge in [0.05, 0.1) is 24.4 Å². The summed E-state index contributed by atoms with van der Waals surface area (Å²) in [5.74, 6) is -0.563. The Morgan fingerprint density at radius 1 is 1.03 bits per heavy atom. The maximum absolute atomic E-state index is 13.0. The molecule has 1 aliphatic rings. The third-order valence-corrected chi connectivity index (χ3v) is 5.70. The Morgan fingerprint density at radius 2 is 1.83 bits per heavy atom. The molecule has 4 amide bonds. The first kappa shape index (κ1) is 24.4. The average molecular weight is 515 g/mol. The molecule has 180 valence electrons. The van der Waals surface area contributed by atoms with Gasteiger partial charge in [-0.2, -0.15) is 0 Å².